The van der Waals surface area contributed by atoms with E-state index < -0.39 is 35.3 Å². The molecule has 0 spiro atoms. The van der Waals surface area contributed by atoms with E-state index in [1.807, 2.05) is 0 Å². The second-order valence-corrected chi connectivity index (χ2v) is 8.05. The molecule has 1 unspecified atom stereocenters. The van der Waals surface area contributed by atoms with Gasteiger partial charge in [0.1, 0.15) is 23.1 Å². The monoisotopic (exact) mass is 491 g/mol. The van der Waals surface area contributed by atoms with E-state index in [9.17, 15) is 23.9 Å². The molecule has 3 aromatic carbocycles. The van der Waals surface area contributed by atoms with Gasteiger partial charge in [0.25, 0.3) is 11.7 Å². The van der Waals surface area contributed by atoms with Crippen molar-refractivity contribution in [3.63, 3.8) is 0 Å². The van der Waals surface area contributed by atoms with Crippen molar-refractivity contribution < 1.29 is 38.5 Å². The molecule has 0 aliphatic carbocycles. The zero-order chi connectivity index (χ0) is 26.0. The van der Waals surface area contributed by atoms with Crippen molar-refractivity contribution in [3.8, 4) is 11.5 Å². The molecule has 0 aromatic heterocycles. The number of aromatic carboxylic acids is 1. The average molecular weight is 491 g/mol. The van der Waals surface area contributed by atoms with Crippen LogP contribution in [0.25, 0.3) is 5.76 Å². The van der Waals surface area contributed by atoms with Crippen LogP contribution in [0, 0.1) is 5.82 Å². The maximum absolute atomic E-state index is 14.1. The van der Waals surface area contributed by atoms with Crippen molar-refractivity contribution in [3.05, 3.63) is 100 Å². The maximum Gasteiger partial charge on any atom is 0.335 e. The molecule has 1 aliphatic rings. The van der Waals surface area contributed by atoms with Crippen LogP contribution >= 0.6 is 0 Å². The van der Waals surface area contributed by atoms with Crippen molar-refractivity contribution in [1.29, 1.82) is 0 Å². The van der Waals surface area contributed by atoms with Gasteiger partial charge in [-0.1, -0.05) is 24.3 Å². The smallest absolute Gasteiger partial charge is 0.335 e. The van der Waals surface area contributed by atoms with Gasteiger partial charge in [0.05, 0.1) is 37.0 Å². The molecule has 36 heavy (non-hydrogen) atoms. The molecule has 1 amide bonds. The minimum absolute atomic E-state index is 0.0522. The van der Waals surface area contributed by atoms with E-state index >= 15 is 0 Å². The van der Waals surface area contributed by atoms with Crippen LogP contribution in [-0.4, -0.2) is 47.0 Å². The van der Waals surface area contributed by atoms with Crippen molar-refractivity contribution >= 4 is 23.4 Å². The molecule has 1 fully saturated rings. The van der Waals surface area contributed by atoms with Crippen LogP contribution in [0.4, 0.5) is 4.39 Å². The molecular weight excluding hydrogens is 469 g/mol. The number of hydrogen-bond acceptors (Lipinski definition) is 6. The third-order valence-electron chi connectivity index (χ3n) is 5.92. The Labute approximate surface area is 205 Å². The van der Waals surface area contributed by atoms with Gasteiger partial charge in [0.15, 0.2) is 0 Å². The highest BCUT2D eigenvalue weighted by Gasteiger charge is 2.46. The minimum atomic E-state index is -1.09. The molecule has 184 valence electrons. The molecule has 8 nitrogen and oxygen atoms in total. The molecule has 0 saturated carbocycles. The Bertz CT molecular complexity index is 1380. The fourth-order valence-electron chi connectivity index (χ4n) is 4.16. The fourth-order valence-corrected chi connectivity index (χ4v) is 4.16. The summed E-state index contributed by atoms with van der Waals surface area (Å²) in [7, 11) is 2.81. The molecule has 1 heterocycles. The molecule has 3 aromatic rings. The van der Waals surface area contributed by atoms with Gasteiger partial charge in [-0.25, -0.2) is 9.18 Å². The van der Waals surface area contributed by atoms with E-state index in [-0.39, 0.29) is 29.0 Å². The first-order valence-corrected chi connectivity index (χ1v) is 10.8. The predicted molar refractivity (Wildman–Crippen MR) is 127 cm³/mol. The summed E-state index contributed by atoms with van der Waals surface area (Å²) in [6, 6.07) is 15.0. The summed E-state index contributed by atoms with van der Waals surface area (Å²) in [6.07, 6.45) is 0. The highest BCUT2D eigenvalue weighted by atomic mass is 19.1. The van der Waals surface area contributed by atoms with Gasteiger partial charge in [-0.3, -0.25) is 9.59 Å². The lowest BCUT2D eigenvalue weighted by Gasteiger charge is -2.26. The summed E-state index contributed by atoms with van der Waals surface area (Å²) in [6.45, 7) is -0.0522. The summed E-state index contributed by atoms with van der Waals surface area (Å²) in [5.74, 6) is -3.58. The molecule has 1 saturated heterocycles. The molecule has 9 heteroatoms. The zero-order valence-corrected chi connectivity index (χ0v) is 19.4. The van der Waals surface area contributed by atoms with E-state index in [0.717, 1.165) is 12.1 Å². The number of rotatable bonds is 7. The largest absolute Gasteiger partial charge is 0.507 e. The molecule has 1 aliphatic heterocycles. The summed E-state index contributed by atoms with van der Waals surface area (Å²) in [5, 5.41) is 20.4. The summed E-state index contributed by atoms with van der Waals surface area (Å²) in [4.78, 5) is 38.9. The first-order valence-electron chi connectivity index (χ1n) is 10.8. The number of benzene rings is 3. The predicted octanol–water partition coefficient (Wildman–Crippen LogP) is 4.16. The molecule has 0 radical (unpaired) electrons. The Morgan fingerprint density at radius 3 is 2.33 bits per heavy atom. The summed E-state index contributed by atoms with van der Waals surface area (Å²) < 4.78 is 24.6. The molecular formula is C27H22FNO7. The lowest BCUT2D eigenvalue weighted by Crippen LogP contribution is -2.29. The molecule has 2 N–H and O–H groups in total. The average Bonchev–Trinajstić information content (AvgIpc) is 3.13. The number of Topliss-reactive ketones (excluding diaryl/α,β-unsaturated/α-hetero) is 1. The van der Waals surface area contributed by atoms with Gasteiger partial charge in [-0.2, -0.15) is 0 Å². The number of carbonyl (C=O) groups excluding carboxylic acids is 2. The second kappa shape index (κ2) is 9.91. The number of ketones is 1. The Kier molecular flexibility index (Phi) is 6.73. The highest BCUT2D eigenvalue weighted by molar-refractivity contribution is 6.46. The minimum Gasteiger partial charge on any atom is -0.507 e. The lowest BCUT2D eigenvalue weighted by molar-refractivity contribution is -0.140. The molecule has 0 bridgehead atoms. The number of aliphatic hydroxyl groups excluding tert-OH is 1. The fraction of sp³-hybridized carbons (Fsp3) is 0.148. The van der Waals surface area contributed by atoms with Crippen molar-refractivity contribution in [2.75, 3.05) is 14.2 Å². The summed E-state index contributed by atoms with van der Waals surface area (Å²) in [5.41, 5.74) is 0.808. The van der Waals surface area contributed by atoms with Gasteiger partial charge in [-0.05, 0) is 53.6 Å². The number of carbonyl (C=O) groups is 3. The van der Waals surface area contributed by atoms with Crippen LogP contribution in [0.1, 0.15) is 33.1 Å². The van der Waals surface area contributed by atoms with Gasteiger partial charge >= 0.3 is 5.97 Å². The number of methoxy groups -OCH3 is 2. The van der Waals surface area contributed by atoms with E-state index in [1.54, 1.807) is 36.4 Å². The zero-order valence-electron chi connectivity index (χ0n) is 19.4. The Morgan fingerprint density at radius 2 is 1.69 bits per heavy atom. The standard InChI is InChI=1S/C27H22FNO7/c1-35-19-5-3-4-17(12-19)23-22(24(30)20-13-18(28)10-11-21(20)36-2)25(31)26(32)29(23)14-15-6-8-16(9-7-15)27(33)34/h3-13,23,30H,14H2,1-2H3,(H,33,34)/b24-22+. The topological polar surface area (TPSA) is 113 Å². The molecule has 1 atom stereocenters. The third-order valence-corrected chi connectivity index (χ3v) is 5.92. The Hall–Kier alpha value is -4.66. The van der Waals surface area contributed by atoms with Crippen molar-refractivity contribution in [1.82, 2.24) is 4.90 Å². The maximum atomic E-state index is 14.1. The van der Waals surface area contributed by atoms with Gasteiger partial charge in [0, 0.05) is 6.54 Å². The third kappa shape index (κ3) is 4.50. The Morgan fingerprint density at radius 1 is 0.972 bits per heavy atom. The molecule has 4 rings (SSSR count). The number of carboxylic acid groups (broad SMARTS) is 1. The number of halogens is 1. The lowest BCUT2D eigenvalue weighted by atomic mass is 9.94. The van der Waals surface area contributed by atoms with Gasteiger partial charge in [0.2, 0.25) is 0 Å². The second-order valence-electron chi connectivity index (χ2n) is 8.05. The van der Waals surface area contributed by atoms with Crippen molar-refractivity contribution in [2.45, 2.75) is 12.6 Å². The van der Waals surface area contributed by atoms with Crippen LogP contribution in [0.5, 0.6) is 11.5 Å². The SMILES string of the molecule is COc1cccc(C2/C(=C(\O)c3cc(F)ccc3OC)C(=O)C(=O)N2Cc2ccc(C(=O)O)cc2)c1. The van der Waals surface area contributed by atoms with Gasteiger partial charge in [-0.15, -0.1) is 0 Å². The normalized spacial score (nSPS) is 16.8. The van der Waals surface area contributed by atoms with Crippen LogP contribution in [-0.2, 0) is 16.1 Å². The van der Waals surface area contributed by atoms with Crippen LogP contribution in [0.2, 0.25) is 0 Å². The number of carboxylic acids is 1. The number of ether oxygens (including phenoxy) is 2. The van der Waals surface area contributed by atoms with E-state index in [1.165, 1.54) is 37.3 Å². The first kappa shape index (κ1) is 24.5. The van der Waals surface area contributed by atoms with Crippen LogP contribution < -0.4 is 9.47 Å². The quantitative estimate of drug-likeness (QED) is 0.290. The van der Waals surface area contributed by atoms with E-state index in [0.29, 0.717) is 16.9 Å². The number of hydrogen-bond donors (Lipinski definition) is 2. The number of likely N-dealkylation sites (tertiary alicyclic amines) is 1. The first-order chi connectivity index (χ1) is 17.2. The number of nitrogens with zero attached hydrogens (tertiary/aromatic N) is 1. The van der Waals surface area contributed by atoms with Crippen LogP contribution in [0.15, 0.2) is 72.3 Å². The Balaban J connectivity index is 1.88. The number of amides is 1. The van der Waals surface area contributed by atoms with Gasteiger partial charge < -0.3 is 24.6 Å². The highest BCUT2D eigenvalue weighted by Crippen LogP contribution is 2.42. The summed E-state index contributed by atoms with van der Waals surface area (Å²) >= 11 is 0. The number of aliphatic hydroxyl groups is 1. The van der Waals surface area contributed by atoms with Crippen molar-refractivity contribution in [2.24, 2.45) is 0 Å². The van der Waals surface area contributed by atoms with E-state index in [2.05, 4.69) is 0 Å². The van der Waals surface area contributed by atoms with Crippen LogP contribution in [0.3, 0.4) is 0 Å². The van der Waals surface area contributed by atoms with E-state index in [4.69, 9.17) is 14.6 Å².